The van der Waals surface area contributed by atoms with Crippen molar-refractivity contribution in [1.29, 1.82) is 0 Å². The lowest BCUT2D eigenvalue weighted by molar-refractivity contribution is -0.115. The van der Waals surface area contributed by atoms with Crippen molar-refractivity contribution < 1.29 is 9.59 Å². The number of hydrogen-bond donors (Lipinski definition) is 2. The third-order valence-corrected chi connectivity index (χ3v) is 6.10. The van der Waals surface area contributed by atoms with E-state index < -0.39 is 0 Å². The molecule has 0 aliphatic carbocycles. The Morgan fingerprint density at radius 2 is 1.66 bits per heavy atom. The number of rotatable bonds is 7. The molecule has 0 unspecified atom stereocenters. The van der Waals surface area contributed by atoms with Crippen LogP contribution < -0.4 is 10.6 Å². The van der Waals surface area contributed by atoms with Gasteiger partial charge in [0.2, 0.25) is 16.9 Å². The number of nitrogens with one attached hydrogen (secondary N) is 2. The maximum atomic E-state index is 12.3. The molecule has 0 aliphatic heterocycles. The zero-order valence-corrected chi connectivity index (χ0v) is 18.1. The van der Waals surface area contributed by atoms with Crippen molar-refractivity contribution in [2.45, 2.75) is 31.5 Å². The summed E-state index contributed by atoms with van der Waals surface area (Å²) in [5.74, 6) is -0.0267. The summed E-state index contributed by atoms with van der Waals surface area (Å²) in [6, 6.07) is 13.6. The fourth-order valence-corrected chi connectivity index (χ4v) is 4.51. The van der Waals surface area contributed by atoms with Crippen LogP contribution >= 0.6 is 23.1 Å². The Hall–Kier alpha value is -2.71. The first-order valence-corrected chi connectivity index (χ1v) is 10.9. The van der Waals surface area contributed by atoms with Crippen LogP contribution in [-0.4, -0.2) is 27.8 Å². The highest BCUT2D eigenvalue weighted by Gasteiger charge is 2.12. The molecule has 3 aromatic rings. The molecule has 0 spiro atoms. The van der Waals surface area contributed by atoms with Gasteiger partial charge in [-0.3, -0.25) is 9.59 Å². The van der Waals surface area contributed by atoms with Crippen LogP contribution in [0.15, 0.2) is 46.8 Å². The van der Waals surface area contributed by atoms with Gasteiger partial charge in [0.05, 0.1) is 12.2 Å². The van der Waals surface area contributed by atoms with Gasteiger partial charge < -0.3 is 10.6 Å². The van der Waals surface area contributed by atoms with Crippen molar-refractivity contribution in [3.8, 4) is 0 Å². The van der Waals surface area contributed by atoms with Crippen molar-refractivity contribution in [1.82, 2.24) is 10.2 Å². The number of amides is 2. The molecule has 1 aromatic heterocycles. The lowest BCUT2D eigenvalue weighted by Gasteiger charge is -2.12. The normalized spacial score (nSPS) is 10.6. The van der Waals surface area contributed by atoms with Gasteiger partial charge in [-0.25, -0.2) is 0 Å². The second-order valence-electron chi connectivity index (χ2n) is 6.69. The summed E-state index contributed by atoms with van der Waals surface area (Å²) >= 11 is 2.55. The number of thioether (sulfide) groups is 1. The summed E-state index contributed by atoms with van der Waals surface area (Å²) in [4.78, 5) is 24.4. The van der Waals surface area contributed by atoms with E-state index in [1.165, 1.54) is 28.7 Å². The summed E-state index contributed by atoms with van der Waals surface area (Å²) in [7, 11) is 0. The van der Waals surface area contributed by atoms with Crippen molar-refractivity contribution in [3.05, 3.63) is 64.7 Å². The van der Waals surface area contributed by atoms with Crippen molar-refractivity contribution in [3.63, 3.8) is 0 Å². The second-order valence-corrected chi connectivity index (χ2v) is 8.89. The van der Waals surface area contributed by atoms with Gasteiger partial charge in [-0.05, 0) is 37.5 Å². The summed E-state index contributed by atoms with van der Waals surface area (Å²) < 4.78 is 0.632. The quantitative estimate of drug-likeness (QED) is 0.433. The summed E-state index contributed by atoms with van der Waals surface area (Å²) in [6.07, 6.45) is 0.278. The van der Waals surface area contributed by atoms with Crippen LogP contribution in [0.2, 0.25) is 0 Å². The van der Waals surface area contributed by atoms with Gasteiger partial charge in [-0.15, -0.1) is 10.2 Å². The van der Waals surface area contributed by atoms with Gasteiger partial charge in [0.1, 0.15) is 0 Å². The van der Waals surface area contributed by atoms with Crippen LogP contribution in [0.3, 0.4) is 0 Å². The topological polar surface area (TPSA) is 84.0 Å². The Kier molecular flexibility index (Phi) is 7.00. The standard InChI is InChI=1S/C21H22N4O2S2/c1-13-9-14(2)19(15(3)10-13)22-18(27)12-28-21-25-24-20(29-21)23-17(26)11-16-7-5-4-6-8-16/h4-10H,11-12H2,1-3H3,(H,22,27)(H,23,24,26). The molecule has 0 atom stereocenters. The van der Waals surface area contributed by atoms with E-state index in [0.29, 0.717) is 9.47 Å². The summed E-state index contributed by atoms with van der Waals surface area (Å²) in [5.41, 5.74) is 5.04. The average molecular weight is 427 g/mol. The molecule has 8 heteroatoms. The first-order chi connectivity index (χ1) is 13.9. The number of carbonyl (C=O) groups is 2. The number of aryl methyl sites for hydroxylation is 3. The molecule has 2 N–H and O–H groups in total. The van der Waals surface area contributed by atoms with E-state index in [-0.39, 0.29) is 24.0 Å². The first kappa shape index (κ1) is 21.0. The third kappa shape index (κ3) is 6.13. The van der Waals surface area contributed by atoms with Gasteiger partial charge in [-0.1, -0.05) is 71.1 Å². The van der Waals surface area contributed by atoms with Gasteiger partial charge >= 0.3 is 0 Å². The molecular weight excluding hydrogens is 404 g/mol. The van der Waals surface area contributed by atoms with E-state index in [9.17, 15) is 9.59 Å². The van der Waals surface area contributed by atoms with E-state index in [1.54, 1.807) is 0 Å². The predicted molar refractivity (Wildman–Crippen MR) is 119 cm³/mol. The number of hydrogen-bond acceptors (Lipinski definition) is 6. The zero-order valence-electron chi connectivity index (χ0n) is 16.5. The van der Waals surface area contributed by atoms with Crippen molar-refractivity contribution in [2.75, 3.05) is 16.4 Å². The van der Waals surface area contributed by atoms with Gasteiger partial charge in [0, 0.05) is 5.69 Å². The largest absolute Gasteiger partial charge is 0.325 e. The molecular formula is C21H22N4O2S2. The molecule has 6 nitrogen and oxygen atoms in total. The Morgan fingerprint density at radius 1 is 0.966 bits per heavy atom. The maximum absolute atomic E-state index is 12.3. The molecule has 0 saturated carbocycles. The van der Waals surface area contributed by atoms with Gasteiger partial charge in [-0.2, -0.15) is 0 Å². The molecule has 2 amide bonds. The van der Waals surface area contributed by atoms with E-state index in [1.807, 2.05) is 63.2 Å². The maximum Gasteiger partial charge on any atom is 0.234 e. The minimum absolute atomic E-state index is 0.102. The fourth-order valence-electron chi connectivity index (χ4n) is 2.94. The zero-order chi connectivity index (χ0) is 20.8. The molecule has 1 heterocycles. The number of benzene rings is 2. The highest BCUT2D eigenvalue weighted by Crippen LogP contribution is 2.27. The summed E-state index contributed by atoms with van der Waals surface area (Å²) in [6.45, 7) is 6.00. The minimum atomic E-state index is -0.146. The van der Waals surface area contributed by atoms with Crippen LogP contribution in [0.4, 0.5) is 10.8 Å². The minimum Gasteiger partial charge on any atom is -0.325 e. The van der Waals surface area contributed by atoms with Crippen LogP contribution in [-0.2, 0) is 16.0 Å². The molecule has 29 heavy (non-hydrogen) atoms. The van der Waals surface area contributed by atoms with Crippen LogP contribution in [0.1, 0.15) is 22.3 Å². The third-order valence-electron chi connectivity index (χ3n) is 4.13. The van der Waals surface area contributed by atoms with E-state index in [0.717, 1.165) is 22.4 Å². The van der Waals surface area contributed by atoms with Crippen LogP contribution in [0, 0.1) is 20.8 Å². The molecule has 0 radical (unpaired) electrons. The average Bonchev–Trinajstić information content (AvgIpc) is 3.11. The summed E-state index contributed by atoms with van der Waals surface area (Å²) in [5, 5.41) is 14.2. The fraction of sp³-hybridized carbons (Fsp3) is 0.238. The van der Waals surface area contributed by atoms with Crippen molar-refractivity contribution in [2.24, 2.45) is 0 Å². The van der Waals surface area contributed by atoms with Gasteiger partial charge in [0.25, 0.3) is 0 Å². The lowest BCUT2D eigenvalue weighted by Crippen LogP contribution is -2.15. The number of aromatic nitrogens is 2. The van der Waals surface area contributed by atoms with Crippen LogP contribution in [0.5, 0.6) is 0 Å². The Morgan fingerprint density at radius 3 is 2.34 bits per heavy atom. The van der Waals surface area contributed by atoms with Crippen LogP contribution in [0.25, 0.3) is 0 Å². The number of anilines is 2. The Bertz CT molecular complexity index is 996. The smallest absolute Gasteiger partial charge is 0.234 e. The second kappa shape index (κ2) is 9.67. The van der Waals surface area contributed by atoms with E-state index in [2.05, 4.69) is 20.8 Å². The monoisotopic (exact) mass is 426 g/mol. The lowest BCUT2D eigenvalue weighted by atomic mass is 10.1. The molecule has 2 aromatic carbocycles. The van der Waals surface area contributed by atoms with E-state index in [4.69, 9.17) is 0 Å². The SMILES string of the molecule is Cc1cc(C)c(NC(=O)CSc2nnc(NC(=O)Cc3ccccc3)s2)c(C)c1. The highest BCUT2D eigenvalue weighted by atomic mass is 32.2. The number of carbonyl (C=O) groups excluding carboxylic acids is 2. The molecule has 3 rings (SSSR count). The first-order valence-electron chi connectivity index (χ1n) is 9.08. The van der Waals surface area contributed by atoms with Crippen molar-refractivity contribution >= 4 is 45.7 Å². The Balaban J connectivity index is 1.50. The Labute approximate surface area is 178 Å². The highest BCUT2D eigenvalue weighted by molar-refractivity contribution is 8.01. The van der Waals surface area contributed by atoms with Gasteiger partial charge in [0.15, 0.2) is 4.34 Å². The predicted octanol–water partition coefficient (Wildman–Crippen LogP) is 4.38. The molecule has 150 valence electrons. The molecule has 0 aliphatic rings. The molecule has 0 bridgehead atoms. The molecule has 0 fully saturated rings. The number of nitrogens with zero attached hydrogens (tertiary/aromatic N) is 2. The molecule has 0 saturated heterocycles. The van der Waals surface area contributed by atoms with E-state index >= 15 is 0 Å².